The van der Waals surface area contributed by atoms with E-state index in [9.17, 15) is 26.9 Å². The molecule has 12 heteroatoms. The molecular weight excluding hydrogens is 474 g/mol. The Labute approximate surface area is 187 Å². The SMILES string of the molecule is Cc1nc(F)ccc1Oc1cc(C(F)(F)F)c(Cl)cc1C(=O)Nc1ccnc([S+](C)[O-])c1. The summed E-state index contributed by atoms with van der Waals surface area (Å²) < 4.78 is 70.5. The first-order valence-electron chi connectivity index (χ1n) is 8.78. The van der Waals surface area contributed by atoms with Crippen molar-refractivity contribution < 1.29 is 31.6 Å². The number of hydrogen-bond donors (Lipinski definition) is 1. The molecular formula is C20H14ClF4N3O3S. The average Bonchev–Trinajstić information content (AvgIpc) is 2.70. The Hall–Kier alpha value is -2.89. The van der Waals surface area contributed by atoms with Gasteiger partial charge in [-0.3, -0.25) is 4.79 Å². The summed E-state index contributed by atoms with van der Waals surface area (Å²) in [6.45, 7) is 1.39. The van der Waals surface area contributed by atoms with E-state index >= 15 is 0 Å². The third-order valence-electron chi connectivity index (χ3n) is 4.13. The Kier molecular flexibility index (Phi) is 6.91. The van der Waals surface area contributed by atoms with E-state index in [2.05, 4.69) is 15.3 Å². The van der Waals surface area contributed by atoms with Crippen LogP contribution in [0.2, 0.25) is 5.02 Å². The number of alkyl halides is 3. The lowest BCUT2D eigenvalue weighted by molar-refractivity contribution is -0.137. The zero-order chi connectivity index (χ0) is 23.6. The van der Waals surface area contributed by atoms with Crippen LogP contribution < -0.4 is 10.1 Å². The van der Waals surface area contributed by atoms with Gasteiger partial charge >= 0.3 is 6.18 Å². The Bertz CT molecular complexity index is 1180. The fourth-order valence-corrected chi connectivity index (χ4v) is 3.39. The normalized spacial score (nSPS) is 12.4. The number of carbonyl (C=O) groups excluding carboxylic acids is 1. The van der Waals surface area contributed by atoms with Gasteiger partial charge in [0.15, 0.2) is 0 Å². The minimum absolute atomic E-state index is 0.0523. The Morgan fingerprint density at radius 3 is 2.53 bits per heavy atom. The highest BCUT2D eigenvalue weighted by atomic mass is 35.5. The molecule has 0 aliphatic carbocycles. The van der Waals surface area contributed by atoms with E-state index < -0.39 is 45.5 Å². The zero-order valence-electron chi connectivity index (χ0n) is 16.5. The highest BCUT2D eigenvalue weighted by molar-refractivity contribution is 7.90. The number of amides is 1. The van der Waals surface area contributed by atoms with Gasteiger partial charge in [-0.05, 0) is 37.3 Å². The van der Waals surface area contributed by atoms with Gasteiger partial charge < -0.3 is 14.6 Å². The van der Waals surface area contributed by atoms with E-state index in [1.807, 2.05) is 0 Å². The summed E-state index contributed by atoms with van der Waals surface area (Å²) in [7, 11) is 0. The molecule has 32 heavy (non-hydrogen) atoms. The molecule has 3 rings (SSSR count). The van der Waals surface area contributed by atoms with Crippen LogP contribution >= 0.6 is 11.6 Å². The van der Waals surface area contributed by atoms with Gasteiger partial charge in [0.05, 0.1) is 21.8 Å². The standard InChI is InChI=1S/C20H14ClF4N3O3S/c1-10-15(3-4-17(22)27-10)31-16-9-13(20(23,24)25)14(21)8-12(16)19(29)28-11-5-6-26-18(7-11)32(2)30/h3-9H,1-2H3,(H,26,28,29). The van der Waals surface area contributed by atoms with Gasteiger partial charge in [-0.15, -0.1) is 0 Å². The first-order valence-corrected chi connectivity index (χ1v) is 10.7. The number of aromatic nitrogens is 2. The summed E-state index contributed by atoms with van der Waals surface area (Å²) in [6, 6.07) is 6.31. The van der Waals surface area contributed by atoms with E-state index in [4.69, 9.17) is 16.3 Å². The summed E-state index contributed by atoms with van der Waals surface area (Å²) in [5.74, 6) is -2.17. The van der Waals surface area contributed by atoms with Crippen molar-refractivity contribution in [1.29, 1.82) is 0 Å². The number of ether oxygens (including phenoxy) is 1. The monoisotopic (exact) mass is 487 g/mol. The molecule has 1 atom stereocenters. The lowest BCUT2D eigenvalue weighted by atomic mass is 10.1. The Morgan fingerprint density at radius 2 is 1.91 bits per heavy atom. The van der Waals surface area contributed by atoms with Crippen molar-refractivity contribution in [3.05, 3.63) is 70.4 Å². The minimum Gasteiger partial charge on any atom is -0.610 e. The summed E-state index contributed by atoms with van der Waals surface area (Å²) in [4.78, 5) is 20.3. The first-order chi connectivity index (χ1) is 15.0. The van der Waals surface area contributed by atoms with Gasteiger partial charge in [-0.25, -0.2) is 9.97 Å². The van der Waals surface area contributed by atoms with Crippen molar-refractivity contribution in [1.82, 2.24) is 9.97 Å². The molecule has 0 saturated heterocycles. The molecule has 1 unspecified atom stereocenters. The van der Waals surface area contributed by atoms with Crippen LogP contribution in [0.4, 0.5) is 23.2 Å². The topological polar surface area (TPSA) is 87.2 Å². The van der Waals surface area contributed by atoms with Gasteiger partial charge in [-0.2, -0.15) is 17.6 Å². The molecule has 1 aromatic carbocycles. The van der Waals surface area contributed by atoms with Crippen LogP contribution in [0, 0.1) is 12.9 Å². The molecule has 0 radical (unpaired) electrons. The van der Waals surface area contributed by atoms with Gasteiger partial charge in [-0.1, -0.05) is 11.6 Å². The lowest BCUT2D eigenvalue weighted by Gasteiger charge is -2.17. The summed E-state index contributed by atoms with van der Waals surface area (Å²) in [5.41, 5.74) is -1.27. The first kappa shape index (κ1) is 23.8. The van der Waals surface area contributed by atoms with Crippen LogP contribution in [0.15, 0.2) is 47.6 Å². The van der Waals surface area contributed by atoms with E-state index in [-0.39, 0.29) is 27.7 Å². The maximum Gasteiger partial charge on any atom is 0.417 e. The quantitative estimate of drug-likeness (QED) is 0.297. The van der Waals surface area contributed by atoms with E-state index in [1.54, 1.807) is 0 Å². The molecule has 0 saturated carbocycles. The number of carbonyl (C=O) groups is 1. The number of nitrogens with zero attached hydrogens (tertiary/aromatic N) is 2. The highest BCUT2D eigenvalue weighted by Gasteiger charge is 2.35. The number of rotatable bonds is 5. The van der Waals surface area contributed by atoms with Crippen LogP contribution in [0.3, 0.4) is 0 Å². The van der Waals surface area contributed by atoms with Gasteiger partial charge in [0.25, 0.3) is 5.91 Å². The number of hydrogen-bond acceptors (Lipinski definition) is 5. The average molecular weight is 488 g/mol. The molecule has 0 aliphatic rings. The molecule has 2 aromatic heterocycles. The number of benzene rings is 1. The van der Waals surface area contributed by atoms with E-state index in [1.165, 1.54) is 37.6 Å². The molecule has 0 spiro atoms. The summed E-state index contributed by atoms with van der Waals surface area (Å²) in [6.07, 6.45) is -2.10. The largest absolute Gasteiger partial charge is 0.610 e. The Balaban J connectivity index is 2.04. The van der Waals surface area contributed by atoms with Gasteiger partial charge in [0, 0.05) is 29.1 Å². The fraction of sp³-hybridized carbons (Fsp3) is 0.150. The lowest BCUT2D eigenvalue weighted by Crippen LogP contribution is -2.15. The smallest absolute Gasteiger partial charge is 0.417 e. The number of aryl methyl sites for hydroxylation is 1. The molecule has 0 fully saturated rings. The molecule has 2 heterocycles. The molecule has 1 amide bonds. The van der Waals surface area contributed by atoms with E-state index in [0.717, 1.165) is 12.1 Å². The van der Waals surface area contributed by atoms with Crippen molar-refractivity contribution in [2.75, 3.05) is 11.6 Å². The summed E-state index contributed by atoms with van der Waals surface area (Å²) in [5, 5.41) is 1.96. The van der Waals surface area contributed by atoms with Crippen molar-refractivity contribution >= 4 is 34.4 Å². The second-order valence-electron chi connectivity index (χ2n) is 6.44. The number of nitrogens with one attached hydrogen (secondary N) is 1. The van der Waals surface area contributed by atoms with Crippen LogP contribution in [0.25, 0.3) is 0 Å². The highest BCUT2D eigenvalue weighted by Crippen LogP contribution is 2.40. The van der Waals surface area contributed by atoms with Crippen molar-refractivity contribution in [2.45, 2.75) is 18.1 Å². The van der Waals surface area contributed by atoms with Crippen molar-refractivity contribution in [2.24, 2.45) is 0 Å². The number of pyridine rings is 2. The molecule has 168 valence electrons. The second-order valence-corrected chi connectivity index (χ2v) is 8.17. The molecule has 6 nitrogen and oxygen atoms in total. The van der Waals surface area contributed by atoms with Gasteiger partial charge in [0.2, 0.25) is 11.0 Å². The summed E-state index contributed by atoms with van der Waals surface area (Å²) >= 11 is 4.37. The predicted molar refractivity (Wildman–Crippen MR) is 110 cm³/mol. The fourth-order valence-electron chi connectivity index (χ4n) is 2.62. The Morgan fingerprint density at radius 1 is 1.19 bits per heavy atom. The predicted octanol–water partition coefficient (Wildman–Crippen LogP) is 5.38. The van der Waals surface area contributed by atoms with Gasteiger partial charge in [0.1, 0.15) is 17.8 Å². The van der Waals surface area contributed by atoms with E-state index in [0.29, 0.717) is 6.07 Å². The van der Waals surface area contributed by atoms with Crippen molar-refractivity contribution in [3.8, 4) is 11.5 Å². The van der Waals surface area contributed by atoms with Crippen LogP contribution in [-0.4, -0.2) is 26.7 Å². The van der Waals surface area contributed by atoms with Crippen molar-refractivity contribution in [3.63, 3.8) is 0 Å². The number of halogens is 5. The number of anilines is 1. The molecule has 3 aromatic rings. The van der Waals surface area contributed by atoms with Crippen LogP contribution in [0.5, 0.6) is 11.5 Å². The van der Waals surface area contributed by atoms with Crippen LogP contribution in [-0.2, 0) is 17.4 Å². The third-order valence-corrected chi connectivity index (χ3v) is 5.25. The maximum atomic E-state index is 13.4. The zero-order valence-corrected chi connectivity index (χ0v) is 18.0. The third kappa shape index (κ3) is 5.47. The minimum atomic E-state index is -4.81. The second kappa shape index (κ2) is 9.31. The van der Waals surface area contributed by atoms with Crippen LogP contribution in [0.1, 0.15) is 21.6 Å². The maximum absolute atomic E-state index is 13.4. The molecule has 0 bridgehead atoms. The molecule has 0 aliphatic heterocycles. The molecule has 1 N–H and O–H groups in total.